The van der Waals surface area contributed by atoms with E-state index in [0.29, 0.717) is 72.7 Å². The fraction of sp³-hybridized carbons (Fsp3) is 0.880. The predicted octanol–water partition coefficient (Wildman–Crippen LogP) is 13.6. The van der Waals surface area contributed by atoms with Crippen molar-refractivity contribution < 1.29 is 33.2 Å². The second kappa shape index (κ2) is 47.6. The largest absolute Gasteiger partial charge is 0.379 e. The van der Waals surface area contributed by atoms with Gasteiger partial charge in [-0.1, -0.05) is 211 Å². The van der Waals surface area contributed by atoms with Crippen LogP contribution in [-0.2, 0) is 39.8 Å². The van der Waals surface area contributed by atoms with Crippen molar-refractivity contribution in [3.05, 3.63) is 35.9 Å². The van der Waals surface area contributed by atoms with E-state index in [9.17, 15) is 0 Å². The molecule has 0 heterocycles. The lowest BCUT2D eigenvalue weighted by atomic mass is 10.0. The molecule has 0 radical (unpaired) electrons. The number of benzene rings is 1. The summed E-state index contributed by atoms with van der Waals surface area (Å²) in [6.45, 7) is 12.3. The lowest BCUT2D eigenvalue weighted by Crippen LogP contribution is -2.28. The lowest BCUT2D eigenvalue weighted by molar-refractivity contribution is -0.0840. The van der Waals surface area contributed by atoms with Crippen molar-refractivity contribution in [1.29, 1.82) is 0 Å². The molecular formula is C50H94O7. The molecule has 0 aliphatic carbocycles. The molecule has 1 atom stereocenters. The van der Waals surface area contributed by atoms with E-state index in [1.165, 1.54) is 167 Å². The highest BCUT2D eigenvalue weighted by Crippen LogP contribution is 2.14. The van der Waals surface area contributed by atoms with Gasteiger partial charge in [0.2, 0.25) is 0 Å². The van der Waals surface area contributed by atoms with E-state index < -0.39 is 0 Å². The zero-order chi connectivity index (χ0) is 40.6. The first-order chi connectivity index (χ1) is 28.4. The molecule has 0 fully saturated rings. The molecule has 1 aromatic carbocycles. The monoisotopic (exact) mass is 807 g/mol. The van der Waals surface area contributed by atoms with Crippen molar-refractivity contribution in [1.82, 2.24) is 0 Å². The fourth-order valence-electron chi connectivity index (χ4n) is 7.07. The molecule has 336 valence electrons. The summed E-state index contributed by atoms with van der Waals surface area (Å²) in [6.07, 6.45) is 38.3. The number of unbranched alkanes of at least 4 members (excludes halogenated alkanes) is 26. The van der Waals surface area contributed by atoms with Gasteiger partial charge in [-0.25, -0.2) is 0 Å². The number of ether oxygens (including phenoxy) is 7. The van der Waals surface area contributed by atoms with Gasteiger partial charge in [0.1, 0.15) is 6.10 Å². The Morgan fingerprint density at radius 1 is 0.316 bits per heavy atom. The summed E-state index contributed by atoms with van der Waals surface area (Å²) in [7, 11) is 0. The Balaban J connectivity index is 1.95. The molecule has 0 aliphatic heterocycles. The van der Waals surface area contributed by atoms with Gasteiger partial charge in [0.05, 0.1) is 72.7 Å². The quantitative estimate of drug-likeness (QED) is 0.0608. The molecule has 1 aromatic rings. The fourth-order valence-corrected chi connectivity index (χ4v) is 7.07. The minimum Gasteiger partial charge on any atom is -0.379 e. The van der Waals surface area contributed by atoms with Gasteiger partial charge in [-0.2, -0.15) is 0 Å². The molecular weight excluding hydrogens is 713 g/mol. The van der Waals surface area contributed by atoms with Crippen molar-refractivity contribution in [2.75, 3.05) is 79.3 Å². The summed E-state index contributed by atoms with van der Waals surface area (Å²) < 4.78 is 41.0. The second-order valence-corrected chi connectivity index (χ2v) is 16.2. The van der Waals surface area contributed by atoms with E-state index in [1.807, 2.05) is 18.2 Å². The average Bonchev–Trinajstić information content (AvgIpc) is 3.23. The van der Waals surface area contributed by atoms with E-state index in [1.54, 1.807) is 0 Å². The molecule has 0 saturated carbocycles. The first-order valence-electron chi connectivity index (χ1n) is 24.5. The van der Waals surface area contributed by atoms with Crippen LogP contribution in [0, 0.1) is 0 Å². The van der Waals surface area contributed by atoms with Crippen molar-refractivity contribution in [3.63, 3.8) is 0 Å². The SMILES string of the molecule is CCCCCCCCCCCCCCCCOCCOCCOCC(COCc1ccccc1)OCCOCCOCCCCCCCCCCCCCCCC. The first kappa shape index (κ1) is 54.0. The maximum atomic E-state index is 6.09. The lowest BCUT2D eigenvalue weighted by Gasteiger charge is -2.18. The highest BCUT2D eigenvalue weighted by molar-refractivity contribution is 5.13. The molecule has 0 bridgehead atoms. The Bertz CT molecular complexity index is 856. The molecule has 7 heteroatoms. The van der Waals surface area contributed by atoms with Crippen LogP contribution in [0.3, 0.4) is 0 Å². The molecule has 1 unspecified atom stereocenters. The van der Waals surface area contributed by atoms with Gasteiger partial charge in [-0.05, 0) is 18.4 Å². The maximum Gasteiger partial charge on any atom is 0.104 e. The Labute approximate surface area is 353 Å². The molecule has 1 rings (SSSR count). The third kappa shape index (κ3) is 42.9. The summed E-state index contributed by atoms with van der Waals surface area (Å²) in [4.78, 5) is 0. The van der Waals surface area contributed by atoms with Crippen LogP contribution in [0.1, 0.15) is 199 Å². The standard InChI is InChI=1S/C50H94O7/c1-3-5-7-9-11-13-15-17-19-21-23-25-27-32-36-51-38-40-53-42-43-55-47-50(48-56-46-49-34-30-29-31-35-49)57-45-44-54-41-39-52-37-33-28-26-24-22-20-18-16-14-12-10-8-6-4-2/h29-31,34-35,50H,3-28,32-33,36-48H2,1-2H3. The zero-order valence-electron chi connectivity index (χ0n) is 37.8. The van der Waals surface area contributed by atoms with Crippen LogP contribution in [0.4, 0.5) is 0 Å². The molecule has 0 N–H and O–H groups in total. The highest BCUT2D eigenvalue weighted by atomic mass is 16.6. The van der Waals surface area contributed by atoms with E-state index in [-0.39, 0.29) is 6.10 Å². The van der Waals surface area contributed by atoms with E-state index in [0.717, 1.165) is 31.6 Å². The Kier molecular flexibility index (Phi) is 45.1. The molecule has 0 aliphatic rings. The van der Waals surface area contributed by atoms with Crippen LogP contribution >= 0.6 is 0 Å². The molecule has 7 nitrogen and oxygen atoms in total. The average molecular weight is 807 g/mol. The van der Waals surface area contributed by atoms with Crippen LogP contribution < -0.4 is 0 Å². The highest BCUT2D eigenvalue weighted by Gasteiger charge is 2.11. The number of hydrogen-bond acceptors (Lipinski definition) is 7. The number of rotatable bonds is 49. The predicted molar refractivity (Wildman–Crippen MR) is 241 cm³/mol. The molecule has 0 spiro atoms. The molecule has 0 saturated heterocycles. The normalized spacial score (nSPS) is 12.2. The van der Waals surface area contributed by atoms with Crippen LogP contribution in [0.15, 0.2) is 30.3 Å². The van der Waals surface area contributed by atoms with Crippen LogP contribution in [0.2, 0.25) is 0 Å². The third-order valence-corrected chi connectivity index (χ3v) is 10.7. The minimum atomic E-state index is -0.165. The Morgan fingerprint density at radius 3 is 1.04 bits per heavy atom. The van der Waals surface area contributed by atoms with Gasteiger partial charge in [-0.3, -0.25) is 0 Å². The minimum absolute atomic E-state index is 0.165. The van der Waals surface area contributed by atoms with Crippen molar-refractivity contribution in [3.8, 4) is 0 Å². The summed E-state index contributed by atoms with van der Waals surface area (Å²) in [6, 6.07) is 10.2. The Morgan fingerprint density at radius 2 is 0.632 bits per heavy atom. The van der Waals surface area contributed by atoms with Crippen LogP contribution in [0.5, 0.6) is 0 Å². The van der Waals surface area contributed by atoms with Gasteiger partial charge in [0.15, 0.2) is 0 Å². The van der Waals surface area contributed by atoms with Gasteiger partial charge in [0.25, 0.3) is 0 Å². The topological polar surface area (TPSA) is 64.6 Å². The van der Waals surface area contributed by atoms with Crippen molar-refractivity contribution in [2.45, 2.75) is 206 Å². The van der Waals surface area contributed by atoms with E-state index in [2.05, 4.69) is 26.0 Å². The van der Waals surface area contributed by atoms with Gasteiger partial charge in [-0.15, -0.1) is 0 Å². The number of hydrogen-bond donors (Lipinski definition) is 0. The van der Waals surface area contributed by atoms with Crippen molar-refractivity contribution >= 4 is 0 Å². The van der Waals surface area contributed by atoms with Crippen LogP contribution in [0.25, 0.3) is 0 Å². The molecule has 0 amide bonds. The van der Waals surface area contributed by atoms with Gasteiger partial charge in [0, 0.05) is 13.2 Å². The maximum absolute atomic E-state index is 6.09. The molecule has 0 aromatic heterocycles. The van der Waals surface area contributed by atoms with Gasteiger partial charge >= 0.3 is 0 Å². The van der Waals surface area contributed by atoms with Crippen LogP contribution in [-0.4, -0.2) is 85.4 Å². The second-order valence-electron chi connectivity index (χ2n) is 16.2. The van der Waals surface area contributed by atoms with Crippen molar-refractivity contribution in [2.24, 2.45) is 0 Å². The van der Waals surface area contributed by atoms with Gasteiger partial charge < -0.3 is 33.2 Å². The third-order valence-electron chi connectivity index (χ3n) is 10.7. The van der Waals surface area contributed by atoms with E-state index >= 15 is 0 Å². The summed E-state index contributed by atoms with van der Waals surface area (Å²) in [5.74, 6) is 0. The Hall–Kier alpha value is -1.06. The summed E-state index contributed by atoms with van der Waals surface area (Å²) >= 11 is 0. The van der Waals surface area contributed by atoms with E-state index in [4.69, 9.17) is 33.2 Å². The smallest absolute Gasteiger partial charge is 0.104 e. The first-order valence-corrected chi connectivity index (χ1v) is 24.5. The zero-order valence-corrected chi connectivity index (χ0v) is 37.8. The molecule has 57 heavy (non-hydrogen) atoms. The summed E-state index contributed by atoms with van der Waals surface area (Å²) in [5, 5.41) is 0. The summed E-state index contributed by atoms with van der Waals surface area (Å²) in [5.41, 5.74) is 1.15.